The molecule has 1 saturated heterocycles. The Balaban J connectivity index is 1.41. The molecule has 178 valence electrons. The molecule has 1 aliphatic heterocycles. The summed E-state index contributed by atoms with van der Waals surface area (Å²) >= 11 is 0. The number of hydrogen-bond donors (Lipinski definition) is 0. The standard InChI is InChI=1S/C26H29N3O5/c1-4-32-23-11-8-20(16-24(23)33-5-2)25-27-22(17-34-25)26(31)29-14-12-28(13-15-29)21-9-6-19(7-10-21)18(3)30/h6-11,16-17H,4-5,12-15H2,1-3H3. The van der Waals surface area contributed by atoms with Crippen LogP contribution in [0.1, 0.15) is 41.6 Å². The van der Waals surface area contributed by atoms with Gasteiger partial charge in [0.1, 0.15) is 6.26 Å². The van der Waals surface area contributed by atoms with Crippen molar-refractivity contribution in [2.45, 2.75) is 20.8 Å². The second-order valence-electron chi connectivity index (χ2n) is 7.95. The molecule has 1 fully saturated rings. The van der Waals surface area contributed by atoms with Gasteiger partial charge in [-0.15, -0.1) is 0 Å². The summed E-state index contributed by atoms with van der Waals surface area (Å²) in [6.07, 6.45) is 1.40. The van der Waals surface area contributed by atoms with Gasteiger partial charge in [-0.1, -0.05) is 0 Å². The van der Waals surface area contributed by atoms with E-state index in [-0.39, 0.29) is 17.4 Å². The molecule has 1 aromatic heterocycles. The van der Waals surface area contributed by atoms with Crippen LogP contribution in [-0.2, 0) is 0 Å². The predicted octanol–water partition coefficient (Wildman–Crippen LogP) is 4.30. The van der Waals surface area contributed by atoms with E-state index in [0.29, 0.717) is 67.9 Å². The maximum atomic E-state index is 13.0. The Kier molecular flexibility index (Phi) is 7.15. The first-order chi connectivity index (χ1) is 16.5. The van der Waals surface area contributed by atoms with Crippen molar-refractivity contribution in [3.8, 4) is 23.0 Å². The number of aromatic nitrogens is 1. The van der Waals surface area contributed by atoms with E-state index in [1.165, 1.54) is 6.26 Å². The molecule has 0 spiro atoms. The number of oxazole rings is 1. The van der Waals surface area contributed by atoms with Crippen molar-refractivity contribution in [3.05, 3.63) is 60.0 Å². The maximum Gasteiger partial charge on any atom is 0.275 e. The van der Waals surface area contributed by atoms with E-state index in [0.717, 1.165) is 5.69 Å². The number of piperazine rings is 1. The van der Waals surface area contributed by atoms with Gasteiger partial charge >= 0.3 is 0 Å². The van der Waals surface area contributed by atoms with Gasteiger partial charge in [-0.05, 0) is 63.2 Å². The van der Waals surface area contributed by atoms with Crippen molar-refractivity contribution in [3.63, 3.8) is 0 Å². The van der Waals surface area contributed by atoms with E-state index in [9.17, 15) is 9.59 Å². The Morgan fingerprint density at radius 1 is 0.941 bits per heavy atom. The van der Waals surface area contributed by atoms with E-state index in [2.05, 4.69) is 9.88 Å². The molecule has 2 aromatic carbocycles. The van der Waals surface area contributed by atoms with Crippen LogP contribution in [0.4, 0.5) is 5.69 Å². The monoisotopic (exact) mass is 463 g/mol. The lowest BCUT2D eigenvalue weighted by Gasteiger charge is -2.35. The zero-order valence-corrected chi connectivity index (χ0v) is 19.7. The molecule has 0 aliphatic carbocycles. The van der Waals surface area contributed by atoms with E-state index in [1.54, 1.807) is 11.8 Å². The minimum Gasteiger partial charge on any atom is -0.490 e. The van der Waals surface area contributed by atoms with Gasteiger partial charge in [0, 0.05) is 43.0 Å². The fourth-order valence-corrected chi connectivity index (χ4v) is 3.93. The topological polar surface area (TPSA) is 85.1 Å². The van der Waals surface area contributed by atoms with Gasteiger partial charge in [0.2, 0.25) is 5.89 Å². The number of nitrogens with zero attached hydrogens (tertiary/aromatic N) is 3. The van der Waals surface area contributed by atoms with Crippen LogP contribution in [0.15, 0.2) is 53.1 Å². The first-order valence-electron chi connectivity index (χ1n) is 11.5. The average Bonchev–Trinajstić information content (AvgIpc) is 3.35. The van der Waals surface area contributed by atoms with Crippen LogP contribution in [0.2, 0.25) is 0 Å². The summed E-state index contributed by atoms with van der Waals surface area (Å²) in [6.45, 7) is 8.98. The molecule has 8 heteroatoms. The molecule has 1 aliphatic rings. The molecule has 34 heavy (non-hydrogen) atoms. The number of benzene rings is 2. The fourth-order valence-electron chi connectivity index (χ4n) is 3.93. The summed E-state index contributed by atoms with van der Waals surface area (Å²) in [6, 6.07) is 13.0. The van der Waals surface area contributed by atoms with Gasteiger partial charge in [-0.3, -0.25) is 9.59 Å². The van der Waals surface area contributed by atoms with E-state index in [4.69, 9.17) is 13.9 Å². The quantitative estimate of drug-likeness (QED) is 0.460. The number of rotatable bonds is 8. The minimum absolute atomic E-state index is 0.0493. The third-order valence-electron chi connectivity index (χ3n) is 5.72. The van der Waals surface area contributed by atoms with Crippen LogP contribution < -0.4 is 14.4 Å². The number of carbonyl (C=O) groups excluding carboxylic acids is 2. The Hall–Kier alpha value is -3.81. The maximum absolute atomic E-state index is 13.0. The Morgan fingerprint density at radius 3 is 2.26 bits per heavy atom. The average molecular weight is 464 g/mol. The van der Waals surface area contributed by atoms with Crippen LogP contribution in [0, 0.1) is 0 Å². The zero-order chi connectivity index (χ0) is 24.1. The summed E-state index contributed by atoms with van der Waals surface area (Å²) < 4.78 is 16.9. The second-order valence-corrected chi connectivity index (χ2v) is 7.95. The number of ketones is 1. The molecule has 4 rings (SSSR count). The molecule has 0 saturated carbocycles. The number of ether oxygens (including phenoxy) is 2. The van der Waals surface area contributed by atoms with Gasteiger partial charge in [0.25, 0.3) is 5.91 Å². The highest BCUT2D eigenvalue weighted by Gasteiger charge is 2.25. The predicted molar refractivity (Wildman–Crippen MR) is 129 cm³/mol. The smallest absolute Gasteiger partial charge is 0.275 e. The number of hydrogen-bond acceptors (Lipinski definition) is 7. The van der Waals surface area contributed by atoms with Crippen molar-refractivity contribution in [2.24, 2.45) is 0 Å². The van der Waals surface area contributed by atoms with Gasteiger partial charge in [0.05, 0.1) is 13.2 Å². The third-order valence-corrected chi connectivity index (χ3v) is 5.72. The van der Waals surface area contributed by atoms with Crippen molar-refractivity contribution in [1.82, 2.24) is 9.88 Å². The van der Waals surface area contributed by atoms with Crippen LogP contribution >= 0.6 is 0 Å². The lowest BCUT2D eigenvalue weighted by Crippen LogP contribution is -2.48. The number of amides is 1. The minimum atomic E-state index is -0.155. The van der Waals surface area contributed by atoms with Crippen LogP contribution in [0.25, 0.3) is 11.5 Å². The molecule has 8 nitrogen and oxygen atoms in total. The zero-order valence-electron chi connectivity index (χ0n) is 19.7. The largest absolute Gasteiger partial charge is 0.490 e. The number of anilines is 1. The summed E-state index contributed by atoms with van der Waals surface area (Å²) in [5, 5.41) is 0. The van der Waals surface area contributed by atoms with Crippen molar-refractivity contribution < 1.29 is 23.5 Å². The number of Topliss-reactive ketones (excluding diaryl/α,β-unsaturated/α-hetero) is 1. The van der Waals surface area contributed by atoms with Crippen LogP contribution in [0.5, 0.6) is 11.5 Å². The summed E-state index contributed by atoms with van der Waals surface area (Å²) in [5.41, 5.74) is 2.73. The molecule has 1 amide bonds. The molecule has 2 heterocycles. The first kappa shape index (κ1) is 23.4. The third kappa shape index (κ3) is 5.06. The molecule has 0 radical (unpaired) electrons. The molecule has 0 N–H and O–H groups in total. The molecule has 3 aromatic rings. The lowest BCUT2D eigenvalue weighted by atomic mass is 10.1. The molecule has 0 atom stereocenters. The van der Waals surface area contributed by atoms with Crippen molar-refractivity contribution in [1.29, 1.82) is 0 Å². The summed E-state index contributed by atoms with van der Waals surface area (Å²) in [7, 11) is 0. The van der Waals surface area contributed by atoms with Crippen LogP contribution in [-0.4, -0.2) is 61.0 Å². The summed E-state index contributed by atoms with van der Waals surface area (Å²) in [4.78, 5) is 32.9. The normalized spacial score (nSPS) is 13.6. The number of carbonyl (C=O) groups is 2. The highest BCUT2D eigenvalue weighted by molar-refractivity contribution is 5.94. The van der Waals surface area contributed by atoms with Crippen molar-refractivity contribution in [2.75, 3.05) is 44.3 Å². The molecular formula is C26H29N3O5. The van der Waals surface area contributed by atoms with E-state index in [1.807, 2.05) is 56.3 Å². The van der Waals surface area contributed by atoms with Crippen molar-refractivity contribution >= 4 is 17.4 Å². The molecular weight excluding hydrogens is 434 g/mol. The SMILES string of the molecule is CCOc1ccc(-c2nc(C(=O)N3CCN(c4ccc(C(C)=O)cc4)CC3)co2)cc1OCC. The van der Waals surface area contributed by atoms with Gasteiger partial charge in [-0.2, -0.15) is 0 Å². The fraction of sp³-hybridized carbons (Fsp3) is 0.346. The molecule has 0 bridgehead atoms. The lowest BCUT2D eigenvalue weighted by molar-refractivity contribution is 0.0740. The molecule has 0 unspecified atom stereocenters. The Labute approximate surface area is 199 Å². The van der Waals surface area contributed by atoms with Gasteiger partial charge in [0.15, 0.2) is 23.0 Å². The first-order valence-corrected chi connectivity index (χ1v) is 11.5. The van der Waals surface area contributed by atoms with Gasteiger partial charge in [-0.25, -0.2) is 4.98 Å². The highest BCUT2D eigenvalue weighted by Crippen LogP contribution is 2.32. The summed E-state index contributed by atoms with van der Waals surface area (Å²) in [5.74, 6) is 1.52. The Bertz CT molecular complexity index is 1150. The van der Waals surface area contributed by atoms with E-state index < -0.39 is 0 Å². The van der Waals surface area contributed by atoms with Gasteiger partial charge < -0.3 is 23.7 Å². The van der Waals surface area contributed by atoms with Crippen LogP contribution in [0.3, 0.4) is 0 Å². The highest BCUT2D eigenvalue weighted by atomic mass is 16.5. The van der Waals surface area contributed by atoms with E-state index >= 15 is 0 Å². The second kappa shape index (κ2) is 10.4. The Morgan fingerprint density at radius 2 is 1.62 bits per heavy atom.